The second-order valence-corrected chi connectivity index (χ2v) is 10.5. The fraction of sp³-hybridized carbons (Fsp3) is 0.414. The summed E-state index contributed by atoms with van der Waals surface area (Å²) in [5.41, 5.74) is -0.714. The molecule has 1 saturated heterocycles. The molecule has 5 rings (SSSR count). The van der Waals surface area contributed by atoms with E-state index in [9.17, 15) is 22.8 Å². The zero-order valence-corrected chi connectivity index (χ0v) is 23.6. The second kappa shape index (κ2) is 12.7. The summed E-state index contributed by atoms with van der Waals surface area (Å²) in [6, 6.07) is 11.0. The molecule has 43 heavy (non-hydrogen) atoms. The minimum Gasteiger partial charge on any atom is -0.492 e. The number of nitriles is 1. The van der Waals surface area contributed by atoms with Crippen LogP contribution in [0.4, 0.5) is 24.7 Å². The first kappa shape index (κ1) is 29.8. The number of H-pyrrole nitrogens is 1. The van der Waals surface area contributed by atoms with Crippen molar-refractivity contribution < 1.29 is 22.7 Å². The monoisotopic (exact) mass is 596 g/mol. The molecule has 1 fully saturated rings. The number of hydrogen-bond donors (Lipinski definition) is 1. The van der Waals surface area contributed by atoms with Gasteiger partial charge in [-0.25, -0.2) is 10.1 Å². The summed E-state index contributed by atoms with van der Waals surface area (Å²) in [7, 11) is 1.90. The minimum absolute atomic E-state index is 0.0774. The number of carbonyl (C=O) groups excluding carboxylic acids is 1. The van der Waals surface area contributed by atoms with Gasteiger partial charge in [0.1, 0.15) is 29.8 Å². The molecular weight excluding hydrogens is 565 g/mol. The summed E-state index contributed by atoms with van der Waals surface area (Å²) >= 11 is 0. The molecule has 2 aliphatic heterocycles. The third kappa shape index (κ3) is 6.89. The number of piperazine rings is 1. The largest absolute Gasteiger partial charge is 0.492 e. The molecule has 2 aromatic heterocycles. The average molecular weight is 597 g/mol. The molecule has 3 aromatic rings. The first-order valence-corrected chi connectivity index (χ1v) is 13.8. The van der Waals surface area contributed by atoms with Gasteiger partial charge in [-0.05, 0) is 30.8 Å². The Morgan fingerprint density at radius 1 is 1.09 bits per heavy atom. The summed E-state index contributed by atoms with van der Waals surface area (Å²) in [6.45, 7) is 4.31. The number of rotatable bonds is 9. The number of benzene rings is 1. The maximum Gasteiger partial charge on any atom is 0.423 e. The van der Waals surface area contributed by atoms with Crippen LogP contribution in [0.5, 0.6) is 5.75 Å². The van der Waals surface area contributed by atoms with Gasteiger partial charge < -0.3 is 24.3 Å². The van der Waals surface area contributed by atoms with Crippen molar-refractivity contribution in [2.75, 3.05) is 62.7 Å². The number of alkyl halides is 3. The smallest absolute Gasteiger partial charge is 0.423 e. The summed E-state index contributed by atoms with van der Waals surface area (Å²) in [4.78, 5) is 36.5. The van der Waals surface area contributed by atoms with Crippen molar-refractivity contribution >= 4 is 17.4 Å². The van der Waals surface area contributed by atoms with Crippen LogP contribution in [0, 0.1) is 11.3 Å². The Labute approximate surface area is 246 Å². The van der Waals surface area contributed by atoms with Crippen molar-refractivity contribution in [3.63, 3.8) is 0 Å². The molecule has 11 nitrogen and oxygen atoms in total. The molecular formula is C29H31F3N8O3. The van der Waals surface area contributed by atoms with Gasteiger partial charge in [0.25, 0.3) is 5.56 Å². The van der Waals surface area contributed by atoms with Crippen molar-refractivity contribution in [2.24, 2.45) is 0 Å². The van der Waals surface area contributed by atoms with Crippen LogP contribution in [0.1, 0.15) is 28.7 Å². The van der Waals surface area contributed by atoms with Crippen molar-refractivity contribution in [1.82, 2.24) is 25.0 Å². The normalized spacial score (nSPS) is 15.0. The lowest BCUT2D eigenvalue weighted by Gasteiger charge is -2.35. The van der Waals surface area contributed by atoms with Crippen LogP contribution < -0.4 is 20.1 Å². The molecule has 0 unspecified atom stereocenters. The third-order valence-corrected chi connectivity index (χ3v) is 7.67. The van der Waals surface area contributed by atoms with E-state index in [2.05, 4.69) is 21.1 Å². The Kier molecular flexibility index (Phi) is 8.81. The molecule has 0 aliphatic carbocycles. The van der Waals surface area contributed by atoms with Gasteiger partial charge in [-0.2, -0.15) is 23.5 Å². The molecule has 2 aliphatic rings. The first-order valence-electron chi connectivity index (χ1n) is 13.8. The van der Waals surface area contributed by atoms with Crippen LogP contribution in [0.3, 0.4) is 0 Å². The van der Waals surface area contributed by atoms with E-state index in [4.69, 9.17) is 10.00 Å². The van der Waals surface area contributed by atoms with Crippen LogP contribution in [0.25, 0.3) is 0 Å². The molecule has 0 saturated carbocycles. The number of carbonyl (C=O) groups is 1. The van der Waals surface area contributed by atoms with Crippen LogP contribution in [0.2, 0.25) is 0 Å². The lowest BCUT2D eigenvalue weighted by atomic mass is 10.1. The zero-order chi connectivity index (χ0) is 30.6. The highest BCUT2D eigenvalue weighted by Crippen LogP contribution is 2.39. The van der Waals surface area contributed by atoms with Gasteiger partial charge in [-0.1, -0.05) is 12.1 Å². The van der Waals surface area contributed by atoms with Crippen molar-refractivity contribution in [1.29, 1.82) is 5.26 Å². The lowest BCUT2D eigenvalue weighted by molar-refractivity contribution is -0.138. The number of ether oxygens (including phenoxy) is 1. The number of nitrogens with one attached hydrogen (secondary N) is 1. The topological polar surface area (TPSA) is 122 Å². The van der Waals surface area contributed by atoms with E-state index in [-0.39, 0.29) is 24.7 Å². The molecule has 1 aromatic carbocycles. The Balaban J connectivity index is 1.08. The van der Waals surface area contributed by atoms with E-state index < -0.39 is 17.3 Å². The van der Waals surface area contributed by atoms with Crippen molar-refractivity contribution in [3.8, 4) is 11.8 Å². The number of pyridine rings is 1. The Bertz CT molecular complexity index is 1550. The maximum absolute atomic E-state index is 13.6. The fourth-order valence-corrected chi connectivity index (χ4v) is 5.29. The lowest BCUT2D eigenvalue weighted by Crippen LogP contribution is -2.49. The molecule has 1 amide bonds. The van der Waals surface area contributed by atoms with Gasteiger partial charge in [0.05, 0.1) is 17.4 Å². The van der Waals surface area contributed by atoms with E-state index in [1.54, 1.807) is 24.4 Å². The maximum atomic E-state index is 13.6. The van der Waals surface area contributed by atoms with Gasteiger partial charge >= 0.3 is 6.18 Å². The standard InChI is InChI=1S/C29H31F3N8O3/c1-37(8-7-26(41)39-11-9-38(10-12-39)25-6-5-20(15-33)16-34-25)13-14-43-24-4-2-3-21-18-40(19-22(21)24)23-17-35-36-28(42)27(23)29(30,31)32/h2-6,16-17H,7-14,18-19H2,1H3,(H,36,42). The van der Waals surface area contributed by atoms with E-state index in [1.165, 1.54) is 4.90 Å². The minimum atomic E-state index is -4.82. The van der Waals surface area contributed by atoms with Crippen LogP contribution >= 0.6 is 0 Å². The van der Waals surface area contributed by atoms with Gasteiger partial charge in [0, 0.05) is 70.5 Å². The number of aromatic nitrogens is 3. The molecule has 0 spiro atoms. The van der Waals surface area contributed by atoms with Gasteiger partial charge in [0.2, 0.25) is 5.91 Å². The SMILES string of the molecule is CN(CCOc1cccc2c1CN(c1cn[nH]c(=O)c1C(F)(F)F)C2)CCC(=O)N1CCN(c2ccc(C#N)cn2)CC1. The zero-order valence-electron chi connectivity index (χ0n) is 23.6. The Morgan fingerprint density at radius 3 is 2.58 bits per heavy atom. The molecule has 1 N–H and O–H groups in total. The van der Waals surface area contributed by atoms with Crippen molar-refractivity contribution in [3.05, 3.63) is 75.3 Å². The van der Waals surface area contributed by atoms with E-state index >= 15 is 0 Å². The predicted molar refractivity (Wildman–Crippen MR) is 152 cm³/mol. The molecule has 226 valence electrons. The van der Waals surface area contributed by atoms with Crippen LogP contribution in [-0.2, 0) is 24.1 Å². The predicted octanol–water partition coefficient (Wildman–Crippen LogP) is 2.63. The number of nitrogens with zero attached hydrogens (tertiary/aromatic N) is 7. The van der Waals surface area contributed by atoms with E-state index in [1.807, 2.05) is 34.1 Å². The van der Waals surface area contributed by atoms with Gasteiger partial charge in [-0.3, -0.25) is 9.59 Å². The van der Waals surface area contributed by atoms with Crippen molar-refractivity contribution in [2.45, 2.75) is 25.7 Å². The van der Waals surface area contributed by atoms with Crippen LogP contribution in [0.15, 0.2) is 47.5 Å². The molecule has 0 radical (unpaired) electrons. The highest BCUT2D eigenvalue weighted by atomic mass is 19.4. The molecule has 0 atom stereocenters. The summed E-state index contributed by atoms with van der Waals surface area (Å²) in [5, 5.41) is 14.4. The van der Waals surface area contributed by atoms with Gasteiger partial charge in [-0.15, -0.1) is 0 Å². The average Bonchev–Trinajstić information content (AvgIpc) is 3.45. The summed E-state index contributed by atoms with van der Waals surface area (Å²) < 4.78 is 46.8. The summed E-state index contributed by atoms with van der Waals surface area (Å²) in [5.74, 6) is 1.44. The number of likely N-dealkylation sites (N-methyl/N-ethyl adjacent to an activating group) is 1. The molecule has 14 heteroatoms. The third-order valence-electron chi connectivity index (χ3n) is 7.67. The quantitative estimate of drug-likeness (QED) is 0.397. The number of hydrogen-bond acceptors (Lipinski definition) is 9. The van der Waals surface area contributed by atoms with E-state index in [0.29, 0.717) is 63.6 Å². The Morgan fingerprint density at radius 2 is 1.88 bits per heavy atom. The molecule has 0 bridgehead atoms. The number of aromatic amines is 1. The highest BCUT2D eigenvalue weighted by Gasteiger charge is 2.40. The van der Waals surface area contributed by atoms with E-state index in [0.717, 1.165) is 23.1 Å². The number of halogens is 3. The Hall–Kier alpha value is -4.64. The number of anilines is 2. The van der Waals surface area contributed by atoms with Gasteiger partial charge in [0.15, 0.2) is 0 Å². The number of amides is 1. The highest BCUT2D eigenvalue weighted by molar-refractivity contribution is 5.76. The molecule has 4 heterocycles. The summed E-state index contributed by atoms with van der Waals surface area (Å²) in [6.07, 6.45) is -1.87. The van der Waals surface area contributed by atoms with Crippen LogP contribution in [-0.4, -0.2) is 83.8 Å². The second-order valence-electron chi connectivity index (χ2n) is 10.5. The first-order chi connectivity index (χ1) is 20.6. The fourth-order valence-electron chi connectivity index (χ4n) is 5.29. The number of fused-ring (bicyclic) bond motifs is 1.